The van der Waals surface area contributed by atoms with E-state index >= 15 is 0 Å². The van der Waals surface area contributed by atoms with Gasteiger partial charge in [-0.05, 0) is 55.0 Å². The molecular formula is C25H24N2O5. The Labute approximate surface area is 186 Å². The number of rotatable bonds is 10. The number of carbonyl (C=O) groups excluding carboxylic acids is 2. The lowest BCUT2D eigenvalue weighted by Gasteiger charge is -2.13. The minimum Gasteiger partial charge on any atom is -0.495 e. The van der Waals surface area contributed by atoms with Gasteiger partial charge in [-0.1, -0.05) is 24.3 Å². The van der Waals surface area contributed by atoms with Crippen LogP contribution in [0.15, 0.2) is 73.1 Å². The summed E-state index contributed by atoms with van der Waals surface area (Å²) in [4.78, 5) is 28.5. The SMILES string of the molecule is CCOc1cc(/C=C/C(=O)c2cccnc2)ccc1OCC(=O)Nc1ccccc1OC. The van der Waals surface area contributed by atoms with Gasteiger partial charge in [-0.25, -0.2) is 0 Å². The largest absolute Gasteiger partial charge is 0.495 e. The number of aromatic nitrogens is 1. The summed E-state index contributed by atoms with van der Waals surface area (Å²) in [5.74, 6) is 0.992. The maximum absolute atomic E-state index is 12.3. The highest BCUT2D eigenvalue weighted by atomic mass is 16.5. The molecule has 0 spiro atoms. The summed E-state index contributed by atoms with van der Waals surface area (Å²) in [6.07, 6.45) is 6.30. The quantitative estimate of drug-likeness (QED) is 0.377. The van der Waals surface area contributed by atoms with Gasteiger partial charge < -0.3 is 19.5 Å². The minimum absolute atomic E-state index is 0.149. The molecule has 0 fully saturated rings. The Balaban J connectivity index is 1.66. The highest BCUT2D eigenvalue weighted by molar-refractivity contribution is 6.06. The van der Waals surface area contributed by atoms with Gasteiger partial charge in [0.05, 0.1) is 19.4 Å². The number of methoxy groups -OCH3 is 1. The van der Waals surface area contributed by atoms with E-state index in [9.17, 15) is 9.59 Å². The molecule has 3 aromatic rings. The average molecular weight is 432 g/mol. The first kappa shape index (κ1) is 22.6. The summed E-state index contributed by atoms with van der Waals surface area (Å²) < 4.78 is 16.6. The van der Waals surface area contributed by atoms with Crippen LogP contribution < -0.4 is 19.5 Å². The number of para-hydroxylation sites is 2. The standard InChI is InChI=1S/C25H24N2O5/c1-3-31-24-15-18(10-12-21(28)19-7-6-14-26-16-19)11-13-23(24)32-17-25(29)27-20-8-4-5-9-22(20)30-2/h4-16H,3,17H2,1-2H3,(H,27,29)/b12-10+. The Morgan fingerprint density at radius 2 is 1.84 bits per heavy atom. The van der Waals surface area contributed by atoms with Gasteiger partial charge in [-0.3, -0.25) is 14.6 Å². The van der Waals surface area contributed by atoms with E-state index < -0.39 is 0 Å². The average Bonchev–Trinajstić information content (AvgIpc) is 2.83. The number of benzene rings is 2. The van der Waals surface area contributed by atoms with Crippen molar-refractivity contribution in [1.29, 1.82) is 0 Å². The summed E-state index contributed by atoms with van der Waals surface area (Å²) >= 11 is 0. The molecule has 7 heteroatoms. The zero-order valence-corrected chi connectivity index (χ0v) is 17.9. The maximum Gasteiger partial charge on any atom is 0.262 e. The number of carbonyl (C=O) groups is 2. The number of ether oxygens (including phenoxy) is 3. The fourth-order valence-corrected chi connectivity index (χ4v) is 2.87. The molecule has 0 atom stereocenters. The van der Waals surface area contributed by atoms with E-state index in [0.717, 1.165) is 5.56 Å². The Morgan fingerprint density at radius 3 is 2.59 bits per heavy atom. The number of pyridine rings is 1. The number of allylic oxidation sites excluding steroid dienone is 1. The van der Waals surface area contributed by atoms with Crippen molar-refractivity contribution in [3.63, 3.8) is 0 Å². The first-order valence-corrected chi connectivity index (χ1v) is 10.1. The maximum atomic E-state index is 12.3. The highest BCUT2D eigenvalue weighted by Crippen LogP contribution is 2.29. The Kier molecular flexibility index (Phi) is 7.97. The van der Waals surface area contributed by atoms with Gasteiger partial charge in [0.15, 0.2) is 23.9 Å². The Morgan fingerprint density at radius 1 is 1.00 bits per heavy atom. The molecule has 1 N–H and O–H groups in total. The molecule has 0 saturated carbocycles. The minimum atomic E-state index is -0.331. The van der Waals surface area contributed by atoms with Crippen LogP contribution in [-0.4, -0.2) is 37.0 Å². The van der Waals surface area contributed by atoms with E-state index in [2.05, 4.69) is 10.3 Å². The predicted octanol–water partition coefficient (Wildman–Crippen LogP) is 4.40. The molecule has 7 nitrogen and oxygen atoms in total. The predicted molar refractivity (Wildman–Crippen MR) is 122 cm³/mol. The molecule has 0 aliphatic rings. The molecule has 0 unspecified atom stereocenters. The van der Waals surface area contributed by atoms with Crippen molar-refractivity contribution in [2.75, 3.05) is 25.6 Å². The number of nitrogens with zero attached hydrogens (tertiary/aromatic N) is 1. The van der Waals surface area contributed by atoms with Gasteiger partial charge in [0.25, 0.3) is 5.91 Å². The number of ketones is 1. The van der Waals surface area contributed by atoms with Crippen LogP contribution in [0.3, 0.4) is 0 Å². The van der Waals surface area contributed by atoms with Gasteiger partial charge in [0.1, 0.15) is 5.75 Å². The zero-order valence-electron chi connectivity index (χ0n) is 17.9. The third-order valence-corrected chi connectivity index (χ3v) is 4.38. The summed E-state index contributed by atoms with van der Waals surface area (Å²) in [6.45, 7) is 2.07. The summed E-state index contributed by atoms with van der Waals surface area (Å²) in [5.41, 5.74) is 1.83. The normalized spacial score (nSPS) is 10.6. The molecule has 0 bridgehead atoms. The molecule has 0 aliphatic carbocycles. The van der Waals surface area contributed by atoms with Crippen LogP contribution in [0.1, 0.15) is 22.8 Å². The molecule has 1 amide bonds. The second kappa shape index (κ2) is 11.3. The first-order valence-electron chi connectivity index (χ1n) is 10.1. The van der Waals surface area contributed by atoms with Crippen molar-refractivity contribution in [3.05, 3.63) is 84.2 Å². The molecule has 0 aliphatic heterocycles. The van der Waals surface area contributed by atoms with Crippen LogP contribution >= 0.6 is 0 Å². The van der Waals surface area contributed by atoms with Crippen molar-refractivity contribution < 1.29 is 23.8 Å². The first-order chi connectivity index (χ1) is 15.6. The van der Waals surface area contributed by atoms with Crippen molar-refractivity contribution >= 4 is 23.5 Å². The van der Waals surface area contributed by atoms with Crippen LogP contribution in [0.4, 0.5) is 5.69 Å². The topological polar surface area (TPSA) is 86.8 Å². The van der Waals surface area contributed by atoms with E-state index in [1.165, 1.54) is 19.4 Å². The van der Waals surface area contributed by atoms with Crippen LogP contribution in [0.5, 0.6) is 17.2 Å². The van der Waals surface area contributed by atoms with Crippen molar-refractivity contribution in [1.82, 2.24) is 4.98 Å². The second-order valence-electron chi connectivity index (χ2n) is 6.62. The monoisotopic (exact) mass is 432 g/mol. The summed E-state index contributed by atoms with van der Waals surface area (Å²) in [5, 5.41) is 2.76. The summed E-state index contributed by atoms with van der Waals surface area (Å²) in [7, 11) is 1.54. The van der Waals surface area contributed by atoms with Crippen LogP contribution in [-0.2, 0) is 4.79 Å². The Bertz CT molecular complexity index is 1100. The number of hydrogen-bond acceptors (Lipinski definition) is 6. The number of amides is 1. The lowest BCUT2D eigenvalue weighted by molar-refractivity contribution is -0.118. The van der Waals surface area contributed by atoms with Gasteiger partial charge >= 0.3 is 0 Å². The lowest BCUT2D eigenvalue weighted by Crippen LogP contribution is -2.20. The van der Waals surface area contributed by atoms with Crippen molar-refractivity contribution in [2.24, 2.45) is 0 Å². The zero-order chi connectivity index (χ0) is 22.8. The van der Waals surface area contributed by atoms with Gasteiger partial charge in [-0.2, -0.15) is 0 Å². The third-order valence-electron chi connectivity index (χ3n) is 4.38. The number of nitrogens with one attached hydrogen (secondary N) is 1. The van der Waals surface area contributed by atoms with Gasteiger partial charge in [-0.15, -0.1) is 0 Å². The van der Waals surface area contributed by atoms with Crippen molar-refractivity contribution in [2.45, 2.75) is 6.92 Å². The summed E-state index contributed by atoms with van der Waals surface area (Å²) in [6, 6.07) is 15.8. The van der Waals surface area contributed by atoms with E-state index in [4.69, 9.17) is 14.2 Å². The van der Waals surface area contributed by atoms with Gasteiger partial charge in [0.2, 0.25) is 0 Å². The number of anilines is 1. The molecule has 3 rings (SSSR count). The molecular weight excluding hydrogens is 408 g/mol. The molecule has 164 valence electrons. The fourth-order valence-electron chi connectivity index (χ4n) is 2.87. The van der Waals surface area contributed by atoms with Crippen molar-refractivity contribution in [3.8, 4) is 17.2 Å². The molecule has 1 aromatic heterocycles. The third kappa shape index (κ3) is 6.18. The van der Waals surface area contributed by atoms with E-state index in [1.807, 2.05) is 13.0 Å². The number of hydrogen-bond donors (Lipinski definition) is 1. The van der Waals surface area contributed by atoms with Crippen LogP contribution in [0.2, 0.25) is 0 Å². The fraction of sp³-hybridized carbons (Fsp3) is 0.160. The van der Waals surface area contributed by atoms with Crippen LogP contribution in [0.25, 0.3) is 6.08 Å². The molecule has 2 aromatic carbocycles. The molecule has 0 radical (unpaired) electrons. The smallest absolute Gasteiger partial charge is 0.262 e. The lowest BCUT2D eigenvalue weighted by atomic mass is 10.1. The van der Waals surface area contributed by atoms with Crippen LogP contribution in [0, 0.1) is 0 Å². The molecule has 1 heterocycles. The highest BCUT2D eigenvalue weighted by Gasteiger charge is 2.11. The van der Waals surface area contributed by atoms with E-state index in [-0.39, 0.29) is 18.3 Å². The molecule has 32 heavy (non-hydrogen) atoms. The second-order valence-corrected chi connectivity index (χ2v) is 6.62. The van der Waals surface area contributed by atoms with E-state index in [0.29, 0.717) is 35.1 Å². The van der Waals surface area contributed by atoms with Gasteiger partial charge in [0, 0.05) is 18.0 Å². The van der Waals surface area contributed by atoms with E-state index in [1.54, 1.807) is 60.8 Å². The molecule has 0 saturated heterocycles. The Hall–Kier alpha value is -4.13.